The van der Waals surface area contributed by atoms with E-state index in [2.05, 4.69) is 37.2 Å². The molecule has 0 aliphatic carbocycles. The number of carboxylic acids is 1. The quantitative estimate of drug-likeness (QED) is 0.0598. The number of hydrogen-bond donors (Lipinski definition) is 9. The highest BCUT2D eigenvalue weighted by molar-refractivity contribution is 5.99. The molecule has 4 unspecified atom stereocenters. The SMILES string of the molecule is C/C=C/C=C/C=C\c1ccccc1/C=C/C(=O)N[C@H](C)C(=O)NC1COC(=O)C([C@H](C)C(=O)O)NC(=O)[C@H](CNC(=O)[C@@H](N)C(C)C)NC(=O)C(C(C)C)NC(=O)C(CC(C)C)NC1=O. The summed E-state index contributed by atoms with van der Waals surface area (Å²) in [7, 11) is 0. The van der Waals surface area contributed by atoms with Gasteiger partial charge in [-0.3, -0.25) is 38.4 Å². The summed E-state index contributed by atoms with van der Waals surface area (Å²) in [6.07, 6.45) is 14.0. The number of cyclic esters (lactones) is 1. The topological polar surface area (TPSA) is 293 Å². The molecule has 1 aromatic carbocycles. The van der Waals surface area contributed by atoms with E-state index in [1.165, 1.54) is 13.0 Å². The van der Waals surface area contributed by atoms with Crippen molar-refractivity contribution in [2.45, 2.75) is 111 Å². The molecule has 65 heavy (non-hydrogen) atoms. The lowest BCUT2D eigenvalue weighted by molar-refractivity contribution is -0.157. The second kappa shape index (κ2) is 26.9. The van der Waals surface area contributed by atoms with Crippen molar-refractivity contribution in [3.8, 4) is 0 Å². The molecule has 0 radical (unpaired) electrons. The molecule has 2 rings (SSSR count). The Bertz CT molecular complexity index is 1990. The van der Waals surface area contributed by atoms with Crippen LogP contribution in [0.1, 0.15) is 79.9 Å². The lowest BCUT2D eigenvalue weighted by Crippen LogP contribution is -2.63. The molecular weight excluding hydrogens is 841 g/mol. The third-order valence-electron chi connectivity index (χ3n) is 10.2. The summed E-state index contributed by atoms with van der Waals surface area (Å²) < 4.78 is 5.39. The molecular formula is C46H66N8O11. The molecule has 1 aromatic rings. The number of benzene rings is 1. The molecule has 10 N–H and O–H groups in total. The zero-order chi connectivity index (χ0) is 49.0. The van der Waals surface area contributed by atoms with Crippen LogP contribution in [0.25, 0.3) is 12.2 Å². The van der Waals surface area contributed by atoms with Gasteiger partial charge < -0.3 is 52.8 Å². The van der Waals surface area contributed by atoms with Crippen molar-refractivity contribution in [2.75, 3.05) is 13.2 Å². The molecule has 356 valence electrons. The smallest absolute Gasteiger partial charge is 0.329 e. The van der Waals surface area contributed by atoms with E-state index in [1.807, 2.05) is 55.5 Å². The van der Waals surface area contributed by atoms with E-state index in [0.717, 1.165) is 12.5 Å². The number of ether oxygens (including phenoxy) is 1. The Hall–Kier alpha value is -6.63. The van der Waals surface area contributed by atoms with Gasteiger partial charge in [-0.15, -0.1) is 0 Å². The van der Waals surface area contributed by atoms with E-state index in [1.54, 1.807) is 59.8 Å². The Morgan fingerprint density at radius 2 is 1.35 bits per heavy atom. The molecule has 8 atom stereocenters. The second-order valence-corrected chi connectivity index (χ2v) is 16.8. The first-order valence-electron chi connectivity index (χ1n) is 21.6. The van der Waals surface area contributed by atoms with Gasteiger partial charge in [-0.05, 0) is 62.1 Å². The third kappa shape index (κ3) is 18.2. The number of nitrogens with two attached hydrogens (primary N) is 1. The van der Waals surface area contributed by atoms with Crippen LogP contribution in [-0.2, 0) is 47.9 Å². The lowest BCUT2D eigenvalue weighted by atomic mass is 9.99. The Kier molecular flexibility index (Phi) is 22.5. The van der Waals surface area contributed by atoms with Gasteiger partial charge in [0, 0.05) is 12.6 Å². The first-order chi connectivity index (χ1) is 30.6. The molecule has 19 nitrogen and oxygen atoms in total. The van der Waals surface area contributed by atoms with Crippen LogP contribution in [0.5, 0.6) is 0 Å². The molecule has 1 fully saturated rings. The van der Waals surface area contributed by atoms with Crippen LogP contribution in [-0.4, -0.2) is 114 Å². The van der Waals surface area contributed by atoms with Crippen molar-refractivity contribution in [2.24, 2.45) is 29.4 Å². The standard InChI is InChI=1S/C46H66N8O11/c1-10-11-12-13-14-17-30-18-15-16-19-31(30)20-21-35(55)49-29(9)39(56)52-34-24-65-46(64)38(28(8)45(62)63)54-41(58)33(23-48-43(60)36(47)26(4)5)51-44(61)37(27(6)7)53-40(57)32(22-25(2)3)50-42(34)59/h10-21,25-29,32-34,36-38H,22-24,47H2,1-9H3,(H,48,60)(H,49,55)(H,50,59)(H,51,61)(H,52,56)(H,53,57)(H,54,58)(H,62,63)/b11-10+,13-12+,17-14-,21-20+/t28-,29+,32?,33-,34?,36-,37?,38?/m0/s1. The van der Waals surface area contributed by atoms with E-state index in [4.69, 9.17) is 10.5 Å². The van der Waals surface area contributed by atoms with Crippen LogP contribution in [0.4, 0.5) is 0 Å². The van der Waals surface area contributed by atoms with Crippen molar-refractivity contribution in [1.82, 2.24) is 37.2 Å². The molecule has 1 aliphatic rings. The fraction of sp³-hybridized carbons (Fsp3) is 0.500. The molecule has 0 bridgehead atoms. The summed E-state index contributed by atoms with van der Waals surface area (Å²) in [5.41, 5.74) is 7.49. The maximum atomic E-state index is 14.0. The second-order valence-electron chi connectivity index (χ2n) is 16.8. The van der Waals surface area contributed by atoms with Gasteiger partial charge in [0.25, 0.3) is 0 Å². The third-order valence-corrected chi connectivity index (χ3v) is 10.2. The predicted molar refractivity (Wildman–Crippen MR) is 244 cm³/mol. The van der Waals surface area contributed by atoms with Crippen LogP contribution in [0.2, 0.25) is 0 Å². The number of allylic oxidation sites excluding steroid dienone is 5. The van der Waals surface area contributed by atoms with Gasteiger partial charge in [0.15, 0.2) is 0 Å². The summed E-state index contributed by atoms with van der Waals surface area (Å²) in [5, 5.41) is 27.3. The molecule has 1 aliphatic heterocycles. The van der Waals surface area contributed by atoms with E-state index >= 15 is 0 Å². The van der Waals surface area contributed by atoms with E-state index in [0.29, 0.717) is 5.56 Å². The Labute approximate surface area is 380 Å². The number of rotatable bonds is 17. The van der Waals surface area contributed by atoms with Crippen LogP contribution >= 0.6 is 0 Å². The molecule has 19 heteroatoms. The summed E-state index contributed by atoms with van der Waals surface area (Å²) in [6, 6.07) is -2.86. The molecule has 1 heterocycles. The number of carboxylic acid groups (broad SMARTS) is 1. The molecule has 7 amide bonds. The van der Waals surface area contributed by atoms with Crippen molar-refractivity contribution in [1.29, 1.82) is 0 Å². The van der Waals surface area contributed by atoms with Crippen LogP contribution in [0.3, 0.4) is 0 Å². The summed E-state index contributed by atoms with van der Waals surface area (Å²) >= 11 is 0. The Morgan fingerprint density at radius 1 is 0.769 bits per heavy atom. The van der Waals surface area contributed by atoms with Crippen molar-refractivity contribution in [3.05, 3.63) is 71.8 Å². The minimum atomic E-state index is -1.92. The van der Waals surface area contributed by atoms with Gasteiger partial charge in [0.05, 0.1) is 12.0 Å². The number of carbonyl (C=O) groups excluding carboxylic acids is 8. The zero-order valence-electron chi connectivity index (χ0n) is 38.5. The monoisotopic (exact) mass is 906 g/mol. The highest BCUT2D eigenvalue weighted by Gasteiger charge is 2.39. The zero-order valence-corrected chi connectivity index (χ0v) is 38.5. The molecule has 0 spiro atoms. The van der Waals surface area contributed by atoms with Gasteiger partial charge in [0.2, 0.25) is 41.4 Å². The highest BCUT2D eigenvalue weighted by Crippen LogP contribution is 2.14. The average molecular weight is 907 g/mol. The lowest BCUT2D eigenvalue weighted by Gasteiger charge is -2.30. The predicted octanol–water partition coefficient (Wildman–Crippen LogP) is 0.853. The van der Waals surface area contributed by atoms with Gasteiger partial charge in [-0.1, -0.05) is 102 Å². The number of amides is 7. The highest BCUT2D eigenvalue weighted by atomic mass is 16.5. The largest absolute Gasteiger partial charge is 0.481 e. The first kappa shape index (κ1) is 54.5. The van der Waals surface area contributed by atoms with Crippen molar-refractivity contribution in [3.63, 3.8) is 0 Å². The van der Waals surface area contributed by atoms with Crippen LogP contribution in [0, 0.1) is 23.7 Å². The van der Waals surface area contributed by atoms with E-state index < -0.39 is 121 Å². The maximum Gasteiger partial charge on any atom is 0.329 e. The van der Waals surface area contributed by atoms with Crippen molar-refractivity contribution < 1.29 is 53.0 Å². The molecule has 1 saturated heterocycles. The Morgan fingerprint density at radius 3 is 1.94 bits per heavy atom. The normalized spacial score (nSPS) is 22.0. The van der Waals surface area contributed by atoms with Crippen LogP contribution < -0.4 is 43.0 Å². The minimum absolute atomic E-state index is 0.0421. The number of hydrogen-bond acceptors (Lipinski definition) is 11. The minimum Gasteiger partial charge on any atom is -0.481 e. The number of aliphatic carboxylic acids is 1. The maximum absolute atomic E-state index is 14.0. The summed E-state index contributed by atoms with van der Waals surface area (Å²) in [4.78, 5) is 121. The number of esters is 1. The first-order valence-corrected chi connectivity index (χ1v) is 21.6. The summed E-state index contributed by atoms with van der Waals surface area (Å²) in [5.74, 6) is -11.6. The number of nitrogens with one attached hydrogen (secondary N) is 7. The van der Waals surface area contributed by atoms with Crippen LogP contribution in [0.15, 0.2) is 60.7 Å². The van der Waals surface area contributed by atoms with Gasteiger partial charge in [-0.2, -0.15) is 0 Å². The molecule has 0 saturated carbocycles. The fourth-order valence-electron chi connectivity index (χ4n) is 6.08. The van der Waals surface area contributed by atoms with Gasteiger partial charge in [0.1, 0.15) is 42.9 Å². The van der Waals surface area contributed by atoms with E-state index in [-0.39, 0.29) is 18.3 Å². The van der Waals surface area contributed by atoms with Gasteiger partial charge >= 0.3 is 11.9 Å². The Balaban J connectivity index is 2.52. The summed E-state index contributed by atoms with van der Waals surface area (Å²) in [6.45, 7) is 13.0. The van der Waals surface area contributed by atoms with Gasteiger partial charge in [-0.25, -0.2) is 4.79 Å². The van der Waals surface area contributed by atoms with Crippen molar-refractivity contribution >= 4 is 65.4 Å². The van der Waals surface area contributed by atoms with E-state index in [9.17, 15) is 48.3 Å². The average Bonchev–Trinajstić information content (AvgIpc) is 3.24. The fourth-order valence-corrected chi connectivity index (χ4v) is 6.08. The molecule has 0 aromatic heterocycles. The number of carbonyl (C=O) groups is 9.